The Bertz CT molecular complexity index is 1340. The van der Waals surface area contributed by atoms with Crippen molar-refractivity contribution in [3.63, 3.8) is 0 Å². The average molecular weight is 532 g/mol. The minimum atomic E-state index is -4.49. The fraction of sp³-hybridized carbons (Fsp3) is 0.609. The predicted molar refractivity (Wildman–Crippen MR) is 125 cm³/mol. The van der Waals surface area contributed by atoms with Crippen LogP contribution in [0, 0.1) is 11.7 Å². The van der Waals surface area contributed by atoms with Crippen molar-refractivity contribution >= 4 is 17.0 Å². The van der Waals surface area contributed by atoms with Gasteiger partial charge in [0.2, 0.25) is 0 Å². The van der Waals surface area contributed by atoms with Crippen LogP contribution in [0.3, 0.4) is 0 Å². The van der Waals surface area contributed by atoms with Crippen molar-refractivity contribution in [3.05, 3.63) is 38.3 Å². The molecular formula is C23H29F4N5O5. The number of alkyl carbamates (subject to hydrolysis) is 1. The summed E-state index contributed by atoms with van der Waals surface area (Å²) in [6.45, 7) is 4.15. The summed E-state index contributed by atoms with van der Waals surface area (Å²) in [5.41, 5.74) is -3.12. The summed E-state index contributed by atoms with van der Waals surface area (Å²) < 4.78 is 68.5. The van der Waals surface area contributed by atoms with Crippen molar-refractivity contribution in [2.45, 2.75) is 64.0 Å². The van der Waals surface area contributed by atoms with Gasteiger partial charge < -0.3 is 20.6 Å². The fourth-order valence-corrected chi connectivity index (χ4v) is 4.65. The lowest BCUT2D eigenvalue weighted by atomic mass is 10.0. The molecule has 1 aliphatic heterocycles. The number of nitrogen functional groups attached to an aromatic ring is 1. The van der Waals surface area contributed by atoms with Crippen LogP contribution in [0.5, 0.6) is 5.75 Å². The second-order valence-electron chi connectivity index (χ2n) is 10.3. The largest absolute Gasteiger partial charge is 0.494 e. The van der Waals surface area contributed by atoms with Crippen LogP contribution in [0.2, 0.25) is 0 Å². The number of likely N-dealkylation sites (tertiary alicyclic amines) is 1. The Morgan fingerprint density at radius 2 is 1.84 bits per heavy atom. The van der Waals surface area contributed by atoms with Crippen molar-refractivity contribution in [2.75, 3.05) is 26.0 Å². The van der Waals surface area contributed by atoms with Gasteiger partial charge in [-0.3, -0.25) is 14.3 Å². The molecule has 0 radical (unpaired) electrons. The Kier molecular flexibility index (Phi) is 6.67. The standard InChI is InChI=1S/C23H29F4N5O5/c1-22(2,3)37-20(34)29-18(30-8-7-11(10-30)23(25,26)27)15-14(24)9-13-16(17(15)36-4)31(12-5-6-12)21(35)32(28)19(13)33/h9,11-12,18H,5-8,10,28H2,1-4H3,(H,29,34). The highest BCUT2D eigenvalue weighted by molar-refractivity contribution is 5.87. The van der Waals surface area contributed by atoms with Crippen LogP contribution in [0.1, 0.15) is 57.8 Å². The Morgan fingerprint density at radius 3 is 2.35 bits per heavy atom. The second-order valence-corrected chi connectivity index (χ2v) is 10.3. The minimum Gasteiger partial charge on any atom is -0.494 e. The molecule has 1 saturated carbocycles. The number of fused-ring (bicyclic) bond motifs is 1. The third-order valence-corrected chi connectivity index (χ3v) is 6.44. The molecule has 2 heterocycles. The molecule has 1 aromatic carbocycles. The van der Waals surface area contributed by atoms with E-state index in [1.54, 1.807) is 20.8 Å². The molecule has 4 rings (SSSR count). The number of methoxy groups -OCH3 is 1. The van der Waals surface area contributed by atoms with Gasteiger partial charge >= 0.3 is 18.0 Å². The van der Waals surface area contributed by atoms with Crippen molar-refractivity contribution in [1.29, 1.82) is 0 Å². The molecule has 14 heteroatoms. The van der Waals surface area contributed by atoms with Gasteiger partial charge in [0, 0.05) is 19.1 Å². The Labute approximate surface area is 208 Å². The van der Waals surface area contributed by atoms with Gasteiger partial charge in [-0.05, 0) is 46.1 Å². The van der Waals surface area contributed by atoms with Crippen molar-refractivity contribution in [3.8, 4) is 5.75 Å². The van der Waals surface area contributed by atoms with Crippen LogP contribution >= 0.6 is 0 Å². The number of nitrogens with zero attached hydrogens (tertiary/aromatic N) is 3. The van der Waals surface area contributed by atoms with Gasteiger partial charge in [0.1, 0.15) is 23.1 Å². The Hall–Kier alpha value is -3.29. The van der Waals surface area contributed by atoms with Gasteiger partial charge in [0.15, 0.2) is 5.75 Å². The number of carbonyl (C=O) groups is 1. The smallest absolute Gasteiger partial charge is 0.409 e. The molecule has 0 bridgehead atoms. The highest BCUT2D eigenvalue weighted by atomic mass is 19.4. The third-order valence-electron chi connectivity index (χ3n) is 6.44. The summed E-state index contributed by atoms with van der Waals surface area (Å²) >= 11 is 0. The molecule has 2 unspecified atom stereocenters. The molecule has 0 spiro atoms. The number of rotatable bonds is 5. The maximum Gasteiger partial charge on any atom is 0.409 e. The number of alkyl halides is 3. The zero-order chi connectivity index (χ0) is 27.4. The molecule has 1 aliphatic carbocycles. The van der Waals surface area contributed by atoms with E-state index in [0.717, 1.165) is 6.07 Å². The lowest BCUT2D eigenvalue weighted by Crippen LogP contribution is -2.45. The molecule has 2 aromatic rings. The number of ether oxygens (including phenoxy) is 2. The van der Waals surface area contributed by atoms with E-state index in [1.807, 2.05) is 0 Å². The maximum absolute atomic E-state index is 15.8. The number of nitrogens with two attached hydrogens (primary N) is 1. The van der Waals surface area contributed by atoms with E-state index >= 15 is 4.39 Å². The van der Waals surface area contributed by atoms with Crippen LogP contribution in [-0.4, -0.2) is 52.2 Å². The highest BCUT2D eigenvalue weighted by Crippen LogP contribution is 2.43. The molecule has 2 atom stereocenters. The van der Waals surface area contributed by atoms with Crippen LogP contribution in [0.25, 0.3) is 10.9 Å². The molecule has 37 heavy (non-hydrogen) atoms. The zero-order valence-corrected chi connectivity index (χ0v) is 20.8. The van der Waals surface area contributed by atoms with Gasteiger partial charge in [-0.15, -0.1) is 0 Å². The Morgan fingerprint density at radius 1 is 1.19 bits per heavy atom. The SMILES string of the molecule is COc1c(C(NC(=O)OC(C)(C)C)N2CCC(C(F)(F)F)C2)c(F)cc2c(=O)n(N)c(=O)n(C3CC3)c12. The lowest BCUT2D eigenvalue weighted by molar-refractivity contribution is -0.171. The molecule has 204 valence electrons. The van der Waals surface area contributed by atoms with Crippen molar-refractivity contribution < 1.29 is 31.8 Å². The number of aromatic nitrogens is 2. The normalized spacial score (nSPS) is 19.7. The first-order valence-corrected chi connectivity index (χ1v) is 11.8. The fourth-order valence-electron chi connectivity index (χ4n) is 4.65. The van der Waals surface area contributed by atoms with E-state index in [2.05, 4.69) is 5.32 Å². The Balaban J connectivity index is 1.93. The van der Waals surface area contributed by atoms with E-state index in [-0.39, 0.29) is 41.2 Å². The first kappa shape index (κ1) is 26.8. The van der Waals surface area contributed by atoms with Crippen LogP contribution in [0.4, 0.5) is 22.4 Å². The van der Waals surface area contributed by atoms with Gasteiger partial charge in [-0.25, -0.2) is 14.0 Å². The van der Waals surface area contributed by atoms with Crippen LogP contribution < -0.4 is 27.1 Å². The summed E-state index contributed by atoms with van der Waals surface area (Å²) in [5.74, 6) is 2.67. The molecular weight excluding hydrogens is 502 g/mol. The summed E-state index contributed by atoms with van der Waals surface area (Å²) in [6, 6.07) is 0.537. The predicted octanol–water partition coefficient (Wildman–Crippen LogP) is 2.77. The molecule has 1 aromatic heterocycles. The number of hydrogen-bond donors (Lipinski definition) is 2. The summed E-state index contributed by atoms with van der Waals surface area (Å²) in [4.78, 5) is 39.6. The number of nitrogens with one attached hydrogen (secondary N) is 1. The third kappa shape index (κ3) is 5.11. The maximum atomic E-state index is 15.8. The summed E-state index contributed by atoms with van der Waals surface area (Å²) in [6.07, 6.45) is -6.01. The minimum absolute atomic E-state index is 0.0411. The topological polar surface area (TPSA) is 121 Å². The average Bonchev–Trinajstić information content (AvgIpc) is 3.48. The van der Waals surface area contributed by atoms with Crippen molar-refractivity contribution in [1.82, 2.24) is 19.5 Å². The molecule has 2 aliphatic rings. The molecule has 3 N–H and O–H groups in total. The molecule has 10 nitrogen and oxygen atoms in total. The molecule has 2 fully saturated rings. The van der Waals surface area contributed by atoms with Gasteiger partial charge in [0.05, 0.1) is 24.0 Å². The number of hydrogen-bond acceptors (Lipinski definition) is 7. The lowest BCUT2D eigenvalue weighted by Gasteiger charge is -2.32. The second kappa shape index (κ2) is 9.23. The van der Waals surface area contributed by atoms with Gasteiger partial charge in [-0.1, -0.05) is 0 Å². The molecule has 1 saturated heterocycles. The van der Waals surface area contributed by atoms with E-state index in [4.69, 9.17) is 15.3 Å². The van der Waals surface area contributed by atoms with E-state index in [9.17, 15) is 27.6 Å². The van der Waals surface area contributed by atoms with Gasteiger partial charge in [-0.2, -0.15) is 17.8 Å². The van der Waals surface area contributed by atoms with Crippen molar-refractivity contribution in [2.24, 2.45) is 5.92 Å². The first-order chi connectivity index (χ1) is 17.1. The van der Waals surface area contributed by atoms with Crippen LogP contribution in [-0.2, 0) is 4.74 Å². The summed E-state index contributed by atoms with van der Waals surface area (Å²) in [7, 11) is 1.18. The quantitative estimate of drug-likeness (QED) is 0.450. The number of amides is 1. The highest BCUT2D eigenvalue weighted by Gasteiger charge is 2.46. The van der Waals surface area contributed by atoms with E-state index in [0.29, 0.717) is 17.5 Å². The summed E-state index contributed by atoms with van der Waals surface area (Å²) in [5, 5.41) is 2.23. The van der Waals surface area contributed by atoms with E-state index in [1.165, 1.54) is 16.6 Å². The first-order valence-electron chi connectivity index (χ1n) is 11.8. The monoisotopic (exact) mass is 531 g/mol. The van der Waals surface area contributed by atoms with Gasteiger partial charge in [0.25, 0.3) is 5.56 Å². The molecule has 1 amide bonds. The number of benzene rings is 1. The number of halogens is 4. The number of carbonyl (C=O) groups excluding carboxylic acids is 1. The zero-order valence-electron chi connectivity index (χ0n) is 20.8. The van der Waals surface area contributed by atoms with Crippen LogP contribution in [0.15, 0.2) is 15.7 Å². The van der Waals surface area contributed by atoms with E-state index < -0.39 is 53.6 Å².